The number of carbonyl (C=O) groups is 2. The van der Waals surface area contributed by atoms with Crippen molar-refractivity contribution >= 4 is 11.9 Å². The summed E-state index contributed by atoms with van der Waals surface area (Å²) in [6, 6.07) is 0. The zero-order valence-corrected chi connectivity index (χ0v) is 18.1. The minimum atomic E-state index is -0.357. The molecule has 1 aliphatic rings. The van der Waals surface area contributed by atoms with Crippen LogP contribution >= 0.6 is 0 Å². The Balaban J connectivity index is 2.33. The van der Waals surface area contributed by atoms with Crippen molar-refractivity contribution in [3.63, 3.8) is 0 Å². The molecule has 160 valence electrons. The van der Waals surface area contributed by atoms with E-state index in [1.165, 1.54) is 51.4 Å². The van der Waals surface area contributed by atoms with Crippen LogP contribution in [-0.4, -0.2) is 25.2 Å². The molecule has 0 aliphatic heterocycles. The molecule has 0 bridgehead atoms. The third-order valence-corrected chi connectivity index (χ3v) is 5.13. The Kier molecular flexibility index (Phi) is 14.3. The van der Waals surface area contributed by atoms with E-state index in [9.17, 15) is 9.59 Å². The van der Waals surface area contributed by atoms with E-state index >= 15 is 0 Å². The molecule has 0 spiro atoms. The molecule has 0 amide bonds. The second kappa shape index (κ2) is 16.4. The van der Waals surface area contributed by atoms with Crippen LogP contribution in [0.4, 0.5) is 0 Å². The Morgan fingerprint density at radius 3 is 1.39 bits per heavy atom. The lowest BCUT2D eigenvalue weighted by atomic mass is 9.97. The van der Waals surface area contributed by atoms with Crippen molar-refractivity contribution in [1.82, 2.24) is 0 Å². The minimum Gasteiger partial charge on any atom is -0.462 e. The fourth-order valence-corrected chi connectivity index (χ4v) is 3.33. The zero-order chi connectivity index (χ0) is 20.5. The van der Waals surface area contributed by atoms with Gasteiger partial charge in [0.05, 0.1) is 24.4 Å². The van der Waals surface area contributed by atoms with Gasteiger partial charge in [-0.1, -0.05) is 90.2 Å². The number of hydrogen-bond acceptors (Lipinski definition) is 4. The topological polar surface area (TPSA) is 52.6 Å². The molecule has 0 heterocycles. The molecule has 1 rings (SSSR count). The van der Waals surface area contributed by atoms with Gasteiger partial charge in [-0.2, -0.15) is 0 Å². The maximum absolute atomic E-state index is 12.4. The number of ether oxygens (including phenoxy) is 2. The van der Waals surface area contributed by atoms with Crippen LogP contribution in [0.25, 0.3) is 0 Å². The Morgan fingerprint density at radius 2 is 1.00 bits per heavy atom. The molecule has 4 heteroatoms. The van der Waals surface area contributed by atoms with Crippen molar-refractivity contribution in [3.05, 3.63) is 23.3 Å². The maximum Gasteiger partial charge on any atom is 0.334 e. The molecular weight excluding hydrogens is 352 g/mol. The van der Waals surface area contributed by atoms with Crippen LogP contribution in [0.3, 0.4) is 0 Å². The van der Waals surface area contributed by atoms with E-state index in [1.54, 1.807) is 0 Å². The smallest absolute Gasteiger partial charge is 0.334 e. The zero-order valence-electron chi connectivity index (χ0n) is 18.1. The molecule has 0 saturated heterocycles. The number of unbranched alkanes of at least 4 members (excludes halogenated alkanes) is 10. The van der Waals surface area contributed by atoms with Gasteiger partial charge >= 0.3 is 11.9 Å². The predicted molar refractivity (Wildman–Crippen MR) is 114 cm³/mol. The minimum absolute atomic E-state index is 0.357. The first kappa shape index (κ1) is 24.5. The Morgan fingerprint density at radius 1 is 0.643 bits per heavy atom. The SMILES string of the molecule is CCCCCCCCOC(=O)C1=C(C(=O)OCCCCCCCC)CC=CC1. The highest BCUT2D eigenvalue weighted by molar-refractivity contribution is 6.01. The van der Waals surface area contributed by atoms with Crippen LogP contribution in [0, 0.1) is 0 Å². The molecule has 1 aliphatic carbocycles. The van der Waals surface area contributed by atoms with Crippen molar-refractivity contribution in [2.24, 2.45) is 0 Å². The summed E-state index contributed by atoms with van der Waals surface area (Å²) in [4.78, 5) is 24.8. The number of hydrogen-bond donors (Lipinski definition) is 0. The molecule has 0 aromatic rings. The van der Waals surface area contributed by atoms with Crippen LogP contribution < -0.4 is 0 Å². The number of allylic oxidation sites excluding steroid dienone is 2. The second-order valence-electron chi connectivity index (χ2n) is 7.64. The average molecular weight is 393 g/mol. The highest BCUT2D eigenvalue weighted by Gasteiger charge is 2.23. The van der Waals surface area contributed by atoms with Crippen molar-refractivity contribution in [3.8, 4) is 0 Å². The quantitative estimate of drug-likeness (QED) is 0.172. The molecular formula is C24H40O4. The van der Waals surface area contributed by atoms with E-state index in [0.29, 0.717) is 37.2 Å². The van der Waals surface area contributed by atoms with Gasteiger partial charge in [-0.25, -0.2) is 9.59 Å². The third-order valence-electron chi connectivity index (χ3n) is 5.13. The van der Waals surface area contributed by atoms with E-state index in [2.05, 4.69) is 13.8 Å². The molecule has 0 saturated carbocycles. The number of esters is 2. The monoisotopic (exact) mass is 392 g/mol. The predicted octanol–water partition coefficient (Wildman–Crippen LogP) is 6.44. The molecule has 0 N–H and O–H groups in total. The summed E-state index contributed by atoms with van der Waals surface area (Å²) < 4.78 is 10.8. The van der Waals surface area contributed by atoms with E-state index in [0.717, 1.165) is 25.7 Å². The molecule has 28 heavy (non-hydrogen) atoms. The molecule has 4 nitrogen and oxygen atoms in total. The van der Waals surface area contributed by atoms with Crippen LogP contribution in [0.5, 0.6) is 0 Å². The largest absolute Gasteiger partial charge is 0.462 e. The van der Waals surface area contributed by atoms with E-state index in [-0.39, 0.29) is 11.9 Å². The molecule has 0 fully saturated rings. The van der Waals surface area contributed by atoms with Gasteiger partial charge in [-0.15, -0.1) is 0 Å². The molecule has 0 unspecified atom stereocenters. The fraction of sp³-hybridized carbons (Fsp3) is 0.750. The summed E-state index contributed by atoms with van der Waals surface area (Å²) in [5.74, 6) is -0.714. The van der Waals surface area contributed by atoms with Crippen molar-refractivity contribution in [1.29, 1.82) is 0 Å². The lowest BCUT2D eigenvalue weighted by Gasteiger charge is -2.15. The van der Waals surface area contributed by atoms with Gasteiger partial charge < -0.3 is 9.47 Å². The Hall–Kier alpha value is -1.58. The van der Waals surface area contributed by atoms with Crippen LogP contribution in [0.2, 0.25) is 0 Å². The van der Waals surface area contributed by atoms with Gasteiger partial charge in [0, 0.05) is 0 Å². The Labute approximate surface area is 171 Å². The second-order valence-corrected chi connectivity index (χ2v) is 7.64. The standard InChI is InChI=1S/C24H40O4/c1-3-5-7-9-11-15-19-27-23(25)21-17-13-14-18-22(21)24(26)28-20-16-12-10-8-6-4-2/h13-14H,3-12,15-20H2,1-2H3. The fourth-order valence-electron chi connectivity index (χ4n) is 3.33. The van der Waals surface area contributed by atoms with Gasteiger partial charge in [0.15, 0.2) is 0 Å². The van der Waals surface area contributed by atoms with Gasteiger partial charge in [0.1, 0.15) is 0 Å². The van der Waals surface area contributed by atoms with Gasteiger partial charge in [-0.3, -0.25) is 0 Å². The van der Waals surface area contributed by atoms with Gasteiger partial charge in [-0.05, 0) is 25.7 Å². The van der Waals surface area contributed by atoms with Crippen LogP contribution in [-0.2, 0) is 19.1 Å². The first-order valence-corrected chi connectivity index (χ1v) is 11.4. The van der Waals surface area contributed by atoms with Gasteiger partial charge in [0.25, 0.3) is 0 Å². The highest BCUT2D eigenvalue weighted by Crippen LogP contribution is 2.22. The van der Waals surface area contributed by atoms with Crippen molar-refractivity contribution < 1.29 is 19.1 Å². The van der Waals surface area contributed by atoms with Crippen molar-refractivity contribution in [2.75, 3.05) is 13.2 Å². The summed E-state index contributed by atoms with van der Waals surface area (Å²) in [7, 11) is 0. The summed E-state index contributed by atoms with van der Waals surface area (Å²) >= 11 is 0. The van der Waals surface area contributed by atoms with Crippen LogP contribution in [0.15, 0.2) is 23.3 Å². The molecule has 0 atom stereocenters. The first-order valence-electron chi connectivity index (χ1n) is 11.4. The lowest BCUT2D eigenvalue weighted by Crippen LogP contribution is -2.18. The molecule has 0 radical (unpaired) electrons. The molecule has 0 aromatic carbocycles. The van der Waals surface area contributed by atoms with E-state index in [4.69, 9.17) is 9.47 Å². The summed E-state index contributed by atoms with van der Waals surface area (Å²) in [6.45, 7) is 5.26. The lowest BCUT2D eigenvalue weighted by molar-refractivity contribution is -0.142. The Bertz CT molecular complexity index is 461. The summed E-state index contributed by atoms with van der Waals surface area (Å²) in [5.41, 5.74) is 0.947. The third kappa shape index (κ3) is 10.7. The number of rotatable bonds is 16. The normalized spacial score (nSPS) is 13.6. The first-order chi connectivity index (χ1) is 13.7. The average Bonchev–Trinajstić information content (AvgIpc) is 2.72. The van der Waals surface area contributed by atoms with E-state index in [1.807, 2.05) is 12.2 Å². The molecule has 0 aromatic heterocycles. The van der Waals surface area contributed by atoms with Gasteiger partial charge in [0.2, 0.25) is 0 Å². The van der Waals surface area contributed by atoms with Crippen molar-refractivity contribution in [2.45, 2.75) is 104 Å². The van der Waals surface area contributed by atoms with Crippen LogP contribution in [0.1, 0.15) is 104 Å². The highest BCUT2D eigenvalue weighted by atomic mass is 16.5. The summed E-state index contributed by atoms with van der Waals surface area (Å²) in [6.07, 6.45) is 18.6. The van der Waals surface area contributed by atoms with E-state index < -0.39 is 0 Å². The maximum atomic E-state index is 12.4. The summed E-state index contributed by atoms with van der Waals surface area (Å²) in [5, 5.41) is 0. The number of carbonyl (C=O) groups excluding carboxylic acids is 2.